The van der Waals surface area contributed by atoms with Crippen LogP contribution in [0.3, 0.4) is 0 Å². The second kappa shape index (κ2) is 8.61. The zero-order valence-electron chi connectivity index (χ0n) is 18.0. The van der Waals surface area contributed by atoms with E-state index in [0.29, 0.717) is 66.2 Å². The van der Waals surface area contributed by atoms with Gasteiger partial charge in [0.1, 0.15) is 17.2 Å². The van der Waals surface area contributed by atoms with E-state index in [4.69, 9.17) is 21.3 Å². The van der Waals surface area contributed by atoms with Gasteiger partial charge in [-0.3, -0.25) is 9.55 Å². The van der Waals surface area contributed by atoms with E-state index in [9.17, 15) is 14.3 Å². The molecule has 0 aliphatic carbocycles. The van der Waals surface area contributed by atoms with Gasteiger partial charge in [0.25, 0.3) is 0 Å². The maximum atomic E-state index is 14.3. The summed E-state index contributed by atoms with van der Waals surface area (Å²) in [4.78, 5) is 23.4. The second-order valence-electron chi connectivity index (χ2n) is 7.99. The fourth-order valence-corrected chi connectivity index (χ4v) is 4.65. The molecule has 2 aromatic carbocycles. The standard InChI is InChI=1S/C24H22ClFN4O3/c1-2-3-21-28-23-17(24(31)32)12-15(29-6-8-33-9-7-29)13-20(23)30(21)19-4-5-27-22-16(19)10-14(26)11-18(22)25/h4-5,10-13H,2-3,6-9H2,1H3,(H,31,32). The summed E-state index contributed by atoms with van der Waals surface area (Å²) >= 11 is 6.28. The third-order valence-electron chi connectivity index (χ3n) is 5.88. The van der Waals surface area contributed by atoms with E-state index < -0.39 is 11.8 Å². The molecule has 0 bridgehead atoms. The quantitative estimate of drug-likeness (QED) is 0.451. The highest BCUT2D eigenvalue weighted by atomic mass is 35.5. The summed E-state index contributed by atoms with van der Waals surface area (Å²) in [6, 6.07) is 8.03. The number of carbonyl (C=O) groups is 1. The number of aryl methyl sites for hydroxylation is 1. The highest BCUT2D eigenvalue weighted by Gasteiger charge is 2.23. The van der Waals surface area contributed by atoms with Crippen LogP contribution in [0.2, 0.25) is 5.02 Å². The average molecular weight is 469 g/mol. The summed E-state index contributed by atoms with van der Waals surface area (Å²) in [6.07, 6.45) is 3.04. The van der Waals surface area contributed by atoms with Crippen LogP contribution in [0.1, 0.15) is 29.5 Å². The van der Waals surface area contributed by atoms with Crippen LogP contribution in [0.4, 0.5) is 10.1 Å². The maximum absolute atomic E-state index is 14.3. The molecule has 33 heavy (non-hydrogen) atoms. The molecular formula is C24H22ClFN4O3. The first-order valence-electron chi connectivity index (χ1n) is 10.8. The molecule has 3 heterocycles. The molecule has 0 unspecified atom stereocenters. The van der Waals surface area contributed by atoms with Crippen molar-refractivity contribution in [1.82, 2.24) is 14.5 Å². The number of morpholine rings is 1. The molecule has 0 amide bonds. The lowest BCUT2D eigenvalue weighted by Gasteiger charge is -2.29. The highest BCUT2D eigenvalue weighted by molar-refractivity contribution is 6.35. The third kappa shape index (κ3) is 3.79. The summed E-state index contributed by atoms with van der Waals surface area (Å²) in [5, 5.41) is 10.7. The Balaban J connectivity index is 1.85. The van der Waals surface area contributed by atoms with E-state index in [2.05, 4.69) is 9.88 Å². The molecule has 0 radical (unpaired) electrons. The van der Waals surface area contributed by atoms with Crippen LogP contribution in [0, 0.1) is 5.82 Å². The minimum Gasteiger partial charge on any atom is -0.478 e. The zero-order chi connectivity index (χ0) is 23.1. The third-order valence-corrected chi connectivity index (χ3v) is 6.16. The van der Waals surface area contributed by atoms with Crippen molar-refractivity contribution in [2.75, 3.05) is 31.2 Å². The zero-order valence-corrected chi connectivity index (χ0v) is 18.8. The van der Waals surface area contributed by atoms with Crippen LogP contribution in [0.15, 0.2) is 36.5 Å². The summed E-state index contributed by atoms with van der Waals surface area (Å²) in [7, 11) is 0. The number of hydrogen-bond acceptors (Lipinski definition) is 5. The van der Waals surface area contributed by atoms with Crippen molar-refractivity contribution >= 4 is 45.2 Å². The van der Waals surface area contributed by atoms with E-state index in [0.717, 1.165) is 12.1 Å². The Kier molecular flexibility index (Phi) is 5.64. The van der Waals surface area contributed by atoms with Gasteiger partial charge in [0.2, 0.25) is 0 Å². The highest BCUT2D eigenvalue weighted by Crippen LogP contribution is 2.34. The summed E-state index contributed by atoms with van der Waals surface area (Å²) in [6.45, 7) is 4.52. The van der Waals surface area contributed by atoms with E-state index in [1.54, 1.807) is 18.3 Å². The van der Waals surface area contributed by atoms with Crippen LogP contribution >= 0.6 is 11.6 Å². The Labute approximate surface area is 194 Å². The molecule has 5 rings (SSSR count). The van der Waals surface area contributed by atoms with Crippen molar-refractivity contribution in [3.8, 4) is 5.69 Å². The molecule has 170 valence electrons. The van der Waals surface area contributed by atoms with E-state index >= 15 is 0 Å². The molecule has 9 heteroatoms. The number of benzene rings is 2. The first-order valence-corrected chi connectivity index (χ1v) is 11.2. The van der Waals surface area contributed by atoms with Gasteiger partial charge in [0, 0.05) is 36.8 Å². The lowest BCUT2D eigenvalue weighted by Crippen LogP contribution is -2.36. The van der Waals surface area contributed by atoms with Crippen molar-refractivity contribution in [3.05, 3.63) is 58.8 Å². The van der Waals surface area contributed by atoms with Gasteiger partial charge < -0.3 is 14.7 Å². The van der Waals surface area contributed by atoms with Crippen molar-refractivity contribution in [2.24, 2.45) is 0 Å². The number of rotatable bonds is 5. The first-order chi connectivity index (χ1) is 16.0. The van der Waals surface area contributed by atoms with Gasteiger partial charge in [-0.05, 0) is 36.8 Å². The number of fused-ring (bicyclic) bond motifs is 2. The Morgan fingerprint density at radius 1 is 1.21 bits per heavy atom. The van der Waals surface area contributed by atoms with Crippen LogP contribution in [-0.2, 0) is 11.2 Å². The van der Waals surface area contributed by atoms with Gasteiger partial charge >= 0.3 is 5.97 Å². The number of imidazole rings is 1. The van der Waals surface area contributed by atoms with Gasteiger partial charge in [-0.1, -0.05) is 18.5 Å². The molecule has 0 spiro atoms. The number of carboxylic acid groups (broad SMARTS) is 1. The number of nitrogens with zero attached hydrogens (tertiary/aromatic N) is 4. The van der Waals surface area contributed by atoms with Crippen LogP contribution < -0.4 is 4.90 Å². The molecule has 1 fully saturated rings. The fourth-order valence-electron chi connectivity index (χ4n) is 4.40. The van der Waals surface area contributed by atoms with Crippen LogP contribution in [-0.4, -0.2) is 51.9 Å². The van der Waals surface area contributed by atoms with E-state index in [1.807, 2.05) is 17.6 Å². The number of aromatic carboxylic acids is 1. The van der Waals surface area contributed by atoms with Gasteiger partial charge in [0.15, 0.2) is 0 Å². The fraction of sp³-hybridized carbons (Fsp3) is 0.292. The summed E-state index contributed by atoms with van der Waals surface area (Å²) in [5.41, 5.74) is 3.09. The minimum absolute atomic E-state index is 0.132. The van der Waals surface area contributed by atoms with E-state index in [-0.39, 0.29) is 10.6 Å². The SMILES string of the molecule is CCCc1nc2c(C(=O)O)cc(N3CCOCC3)cc2n1-c1ccnc2c(Cl)cc(F)cc12. The van der Waals surface area contributed by atoms with Crippen molar-refractivity contribution < 1.29 is 19.0 Å². The molecule has 0 atom stereocenters. The molecule has 1 aliphatic rings. The minimum atomic E-state index is -1.04. The predicted octanol–water partition coefficient (Wildman–Crippen LogP) is 4.85. The van der Waals surface area contributed by atoms with Crippen molar-refractivity contribution in [1.29, 1.82) is 0 Å². The predicted molar refractivity (Wildman–Crippen MR) is 125 cm³/mol. The van der Waals surface area contributed by atoms with E-state index in [1.165, 1.54) is 12.1 Å². The second-order valence-corrected chi connectivity index (χ2v) is 8.40. The average Bonchev–Trinajstić information content (AvgIpc) is 3.16. The smallest absolute Gasteiger partial charge is 0.338 e. The molecule has 7 nitrogen and oxygen atoms in total. The monoisotopic (exact) mass is 468 g/mol. The molecular weight excluding hydrogens is 447 g/mol. The number of carboxylic acids is 1. The van der Waals surface area contributed by atoms with Crippen molar-refractivity contribution in [3.63, 3.8) is 0 Å². The van der Waals surface area contributed by atoms with Crippen LogP contribution in [0.5, 0.6) is 0 Å². The van der Waals surface area contributed by atoms with Crippen molar-refractivity contribution in [2.45, 2.75) is 19.8 Å². The normalized spacial score (nSPS) is 14.3. The Bertz CT molecular complexity index is 1380. The number of ether oxygens (including phenoxy) is 1. The van der Waals surface area contributed by atoms with Gasteiger partial charge in [0.05, 0.1) is 40.5 Å². The lowest BCUT2D eigenvalue weighted by molar-refractivity contribution is 0.0699. The first kappa shape index (κ1) is 21.6. The van der Waals surface area contributed by atoms with Gasteiger partial charge in [-0.15, -0.1) is 0 Å². The molecule has 1 aliphatic heterocycles. The molecule has 1 N–H and O–H groups in total. The summed E-state index contributed by atoms with van der Waals surface area (Å²) in [5.74, 6) is -0.818. The van der Waals surface area contributed by atoms with Gasteiger partial charge in [-0.2, -0.15) is 0 Å². The number of aromatic nitrogens is 3. The topological polar surface area (TPSA) is 80.5 Å². The molecule has 0 saturated carbocycles. The lowest BCUT2D eigenvalue weighted by atomic mass is 10.1. The summed E-state index contributed by atoms with van der Waals surface area (Å²) < 4.78 is 21.7. The largest absolute Gasteiger partial charge is 0.478 e. The Morgan fingerprint density at radius 3 is 2.73 bits per heavy atom. The molecule has 2 aromatic heterocycles. The number of halogens is 2. The van der Waals surface area contributed by atoms with Gasteiger partial charge in [-0.25, -0.2) is 14.2 Å². The molecule has 1 saturated heterocycles. The number of anilines is 1. The Hall–Kier alpha value is -3.23. The molecule has 4 aromatic rings. The number of hydrogen-bond donors (Lipinski definition) is 1. The maximum Gasteiger partial charge on any atom is 0.338 e. The number of pyridine rings is 1. The van der Waals surface area contributed by atoms with Crippen LogP contribution in [0.25, 0.3) is 27.6 Å². The Morgan fingerprint density at radius 2 is 2.00 bits per heavy atom.